The number of carbonyl (C=O) groups is 1. The standard InChI is InChI=1S/C20H28N6O/c27-20(23-13-17-4-1-2-8-22-17)16-5-10-25(11-6-16)15-18-12-19-14-21-7-3-9-26(19)24-18/h1-2,4,8,12,16,21H,3,5-7,9-11,13-15H2,(H,23,27). The number of amides is 1. The molecule has 0 spiro atoms. The molecule has 2 N–H and O–H groups in total. The van der Waals surface area contributed by atoms with E-state index in [4.69, 9.17) is 5.10 Å². The molecule has 27 heavy (non-hydrogen) atoms. The number of piperidine rings is 1. The molecule has 0 saturated carbocycles. The Kier molecular flexibility index (Phi) is 5.79. The minimum absolute atomic E-state index is 0.105. The van der Waals surface area contributed by atoms with Gasteiger partial charge in [-0.25, -0.2) is 0 Å². The van der Waals surface area contributed by atoms with Crippen LogP contribution in [0.3, 0.4) is 0 Å². The summed E-state index contributed by atoms with van der Waals surface area (Å²) in [4.78, 5) is 19.1. The van der Waals surface area contributed by atoms with Gasteiger partial charge in [0.05, 0.1) is 23.6 Å². The molecular formula is C20H28N6O. The Bertz CT molecular complexity index is 728. The van der Waals surface area contributed by atoms with Crippen LogP contribution < -0.4 is 10.6 Å². The molecule has 2 aliphatic rings. The zero-order valence-electron chi connectivity index (χ0n) is 15.7. The van der Waals surface area contributed by atoms with E-state index >= 15 is 0 Å². The molecule has 7 heteroatoms. The Balaban J connectivity index is 1.23. The van der Waals surface area contributed by atoms with Crippen molar-refractivity contribution in [1.82, 2.24) is 30.3 Å². The number of pyridine rings is 1. The Hall–Kier alpha value is -2.25. The average Bonchev–Trinajstić information content (AvgIpc) is 2.95. The molecule has 1 amide bonds. The van der Waals surface area contributed by atoms with Crippen LogP contribution >= 0.6 is 0 Å². The van der Waals surface area contributed by atoms with Crippen molar-refractivity contribution in [1.29, 1.82) is 0 Å². The second-order valence-corrected chi connectivity index (χ2v) is 7.47. The van der Waals surface area contributed by atoms with Crippen molar-refractivity contribution in [3.63, 3.8) is 0 Å². The van der Waals surface area contributed by atoms with Crippen LogP contribution in [-0.4, -0.2) is 45.2 Å². The van der Waals surface area contributed by atoms with Crippen LogP contribution in [0.5, 0.6) is 0 Å². The molecule has 2 aromatic heterocycles. The SMILES string of the molecule is O=C(NCc1ccccn1)C1CCN(Cc2cc3n(n2)CCCNC3)CC1. The quantitative estimate of drug-likeness (QED) is 0.832. The molecule has 0 bridgehead atoms. The summed E-state index contributed by atoms with van der Waals surface area (Å²) in [5, 5.41) is 11.2. The van der Waals surface area contributed by atoms with Crippen LogP contribution in [0, 0.1) is 5.92 Å². The summed E-state index contributed by atoms with van der Waals surface area (Å²) < 4.78 is 2.15. The Morgan fingerprint density at radius 3 is 2.93 bits per heavy atom. The smallest absolute Gasteiger partial charge is 0.223 e. The highest BCUT2D eigenvalue weighted by atomic mass is 16.1. The lowest BCUT2D eigenvalue weighted by atomic mass is 9.96. The van der Waals surface area contributed by atoms with Crippen molar-refractivity contribution in [2.45, 2.75) is 45.4 Å². The molecule has 0 unspecified atom stereocenters. The van der Waals surface area contributed by atoms with Gasteiger partial charge >= 0.3 is 0 Å². The van der Waals surface area contributed by atoms with Crippen molar-refractivity contribution in [2.75, 3.05) is 19.6 Å². The van der Waals surface area contributed by atoms with Gasteiger partial charge in [-0.15, -0.1) is 0 Å². The minimum atomic E-state index is 0.105. The van der Waals surface area contributed by atoms with Crippen molar-refractivity contribution in [3.05, 3.63) is 47.5 Å². The zero-order valence-corrected chi connectivity index (χ0v) is 15.7. The van der Waals surface area contributed by atoms with Gasteiger partial charge in [-0.1, -0.05) is 6.07 Å². The molecule has 2 aromatic rings. The average molecular weight is 368 g/mol. The largest absolute Gasteiger partial charge is 0.350 e. The summed E-state index contributed by atoms with van der Waals surface area (Å²) in [6, 6.07) is 7.99. The third-order valence-corrected chi connectivity index (χ3v) is 5.46. The fourth-order valence-electron chi connectivity index (χ4n) is 3.91. The van der Waals surface area contributed by atoms with E-state index in [1.165, 1.54) is 5.69 Å². The van der Waals surface area contributed by atoms with Crippen molar-refractivity contribution >= 4 is 5.91 Å². The number of carbonyl (C=O) groups excluding carboxylic acids is 1. The van der Waals surface area contributed by atoms with E-state index in [-0.39, 0.29) is 11.8 Å². The topological polar surface area (TPSA) is 75.1 Å². The van der Waals surface area contributed by atoms with Crippen LogP contribution in [0.2, 0.25) is 0 Å². The lowest BCUT2D eigenvalue weighted by Crippen LogP contribution is -2.40. The first-order valence-corrected chi connectivity index (χ1v) is 9.94. The summed E-state index contributed by atoms with van der Waals surface area (Å²) in [5.41, 5.74) is 3.33. The maximum Gasteiger partial charge on any atom is 0.223 e. The second kappa shape index (κ2) is 8.63. The summed E-state index contributed by atoms with van der Waals surface area (Å²) in [7, 11) is 0. The number of nitrogens with zero attached hydrogens (tertiary/aromatic N) is 4. The molecule has 0 radical (unpaired) electrons. The Morgan fingerprint density at radius 2 is 2.11 bits per heavy atom. The van der Waals surface area contributed by atoms with E-state index < -0.39 is 0 Å². The number of rotatable bonds is 5. The predicted molar refractivity (Wildman–Crippen MR) is 103 cm³/mol. The Labute approximate surface area is 160 Å². The molecular weight excluding hydrogens is 340 g/mol. The van der Waals surface area contributed by atoms with Gasteiger partial charge in [-0.2, -0.15) is 5.10 Å². The number of aromatic nitrogens is 3. The van der Waals surface area contributed by atoms with Gasteiger partial charge in [0, 0.05) is 31.7 Å². The number of hydrogen-bond acceptors (Lipinski definition) is 5. The summed E-state index contributed by atoms with van der Waals surface area (Å²) in [6.07, 6.45) is 4.70. The maximum atomic E-state index is 12.4. The number of likely N-dealkylation sites (tertiary alicyclic amines) is 1. The van der Waals surface area contributed by atoms with E-state index in [9.17, 15) is 4.79 Å². The van der Waals surface area contributed by atoms with Crippen molar-refractivity contribution < 1.29 is 4.79 Å². The third kappa shape index (κ3) is 4.73. The monoisotopic (exact) mass is 368 g/mol. The molecule has 7 nitrogen and oxygen atoms in total. The fraction of sp³-hybridized carbons (Fsp3) is 0.550. The lowest BCUT2D eigenvalue weighted by Gasteiger charge is -2.30. The number of aryl methyl sites for hydroxylation is 1. The maximum absolute atomic E-state index is 12.4. The van der Waals surface area contributed by atoms with E-state index in [1.807, 2.05) is 18.2 Å². The van der Waals surface area contributed by atoms with Crippen molar-refractivity contribution in [2.24, 2.45) is 5.92 Å². The first-order valence-electron chi connectivity index (χ1n) is 9.94. The lowest BCUT2D eigenvalue weighted by molar-refractivity contribution is -0.126. The third-order valence-electron chi connectivity index (χ3n) is 5.46. The predicted octanol–water partition coefficient (Wildman–Crippen LogP) is 1.30. The molecule has 1 saturated heterocycles. The summed E-state index contributed by atoms with van der Waals surface area (Å²) in [5.74, 6) is 0.257. The molecule has 144 valence electrons. The summed E-state index contributed by atoms with van der Waals surface area (Å²) >= 11 is 0. The van der Waals surface area contributed by atoms with Gasteiger partial charge < -0.3 is 10.6 Å². The first-order chi connectivity index (χ1) is 13.3. The Morgan fingerprint density at radius 1 is 1.22 bits per heavy atom. The first kappa shape index (κ1) is 18.1. The second-order valence-electron chi connectivity index (χ2n) is 7.47. The van der Waals surface area contributed by atoms with E-state index in [0.29, 0.717) is 6.54 Å². The molecule has 0 aromatic carbocycles. The van der Waals surface area contributed by atoms with Gasteiger partial charge in [-0.3, -0.25) is 19.4 Å². The summed E-state index contributed by atoms with van der Waals surface area (Å²) in [6.45, 7) is 6.25. The van der Waals surface area contributed by atoms with Crippen LogP contribution in [0.25, 0.3) is 0 Å². The van der Waals surface area contributed by atoms with E-state index in [2.05, 4.69) is 31.3 Å². The van der Waals surface area contributed by atoms with Crippen LogP contribution in [0.4, 0.5) is 0 Å². The molecule has 0 atom stereocenters. The molecule has 1 fully saturated rings. The van der Waals surface area contributed by atoms with E-state index in [0.717, 1.165) is 69.9 Å². The zero-order chi connectivity index (χ0) is 18.5. The number of hydrogen-bond donors (Lipinski definition) is 2. The van der Waals surface area contributed by atoms with Gasteiger partial charge in [0.25, 0.3) is 0 Å². The highest BCUT2D eigenvalue weighted by molar-refractivity contribution is 5.78. The normalized spacial score (nSPS) is 18.7. The molecule has 4 rings (SSSR count). The molecule has 0 aliphatic carbocycles. The van der Waals surface area contributed by atoms with Crippen molar-refractivity contribution in [3.8, 4) is 0 Å². The van der Waals surface area contributed by atoms with Gasteiger partial charge in [0.2, 0.25) is 5.91 Å². The number of nitrogens with one attached hydrogen (secondary N) is 2. The van der Waals surface area contributed by atoms with Crippen LogP contribution in [-0.2, 0) is 31.0 Å². The number of fused-ring (bicyclic) bond motifs is 1. The van der Waals surface area contributed by atoms with Gasteiger partial charge in [0.1, 0.15) is 0 Å². The van der Waals surface area contributed by atoms with Gasteiger partial charge in [-0.05, 0) is 57.1 Å². The van der Waals surface area contributed by atoms with Crippen LogP contribution in [0.1, 0.15) is 36.3 Å². The molecule has 4 heterocycles. The highest BCUT2D eigenvalue weighted by Crippen LogP contribution is 2.20. The van der Waals surface area contributed by atoms with Gasteiger partial charge in [0.15, 0.2) is 0 Å². The van der Waals surface area contributed by atoms with E-state index in [1.54, 1.807) is 6.20 Å². The minimum Gasteiger partial charge on any atom is -0.350 e. The van der Waals surface area contributed by atoms with Crippen LogP contribution in [0.15, 0.2) is 30.5 Å². The molecule has 2 aliphatic heterocycles. The highest BCUT2D eigenvalue weighted by Gasteiger charge is 2.25. The fourth-order valence-corrected chi connectivity index (χ4v) is 3.91.